The molecule has 0 radical (unpaired) electrons. The van der Waals surface area contributed by atoms with Gasteiger partial charge in [-0.15, -0.1) is 6.58 Å². The predicted octanol–water partition coefficient (Wildman–Crippen LogP) is 7.32. The first kappa shape index (κ1) is 22.8. The van der Waals surface area contributed by atoms with E-state index in [0.717, 1.165) is 23.8 Å². The molecule has 1 fully saturated rings. The first-order valence-electron chi connectivity index (χ1n) is 10.6. The second-order valence-corrected chi connectivity index (χ2v) is 8.50. The van der Waals surface area contributed by atoms with Gasteiger partial charge < -0.3 is 9.47 Å². The molecule has 32 heavy (non-hydrogen) atoms. The number of rotatable bonds is 7. The first-order chi connectivity index (χ1) is 15.5. The highest BCUT2D eigenvalue weighted by Crippen LogP contribution is 2.31. The summed E-state index contributed by atoms with van der Waals surface area (Å²) in [6, 6.07) is 11.3. The maximum absolute atomic E-state index is 15.1. The molecular weight excluding hydrogens is 437 g/mol. The number of ether oxygens (including phenoxy) is 2. The second-order valence-electron chi connectivity index (χ2n) is 8.12. The quantitative estimate of drug-likeness (QED) is 0.271. The van der Waals surface area contributed by atoms with Crippen LogP contribution in [0, 0.1) is 23.4 Å². The molecule has 1 heterocycles. The van der Waals surface area contributed by atoms with E-state index in [2.05, 4.69) is 6.58 Å². The molecule has 4 rings (SSSR count). The van der Waals surface area contributed by atoms with Gasteiger partial charge in [-0.05, 0) is 60.4 Å². The zero-order valence-electron chi connectivity index (χ0n) is 17.6. The third-order valence-electron chi connectivity index (χ3n) is 5.80. The fraction of sp³-hybridized carbons (Fsp3) is 0.308. The number of hydrogen-bond donors (Lipinski definition) is 0. The Hall–Kier alpha value is -2.34. The molecule has 0 bridgehead atoms. The number of fused-ring (bicyclic) bond motifs is 1. The fourth-order valence-electron chi connectivity index (χ4n) is 3.98. The van der Waals surface area contributed by atoms with Gasteiger partial charge in [0, 0.05) is 16.9 Å². The maximum Gasteiger partial charge on any atom is 0.183 e. The standard InChI is InChI=1S/C26H24ClF3O2/c1-2-3-4-17-14-31-26(32-15-17)20-9-10-21-19(13-20)8-7-18(25(21)30)6-5-16-11-22(28)24(27)23(29)12-16/h2,7-13,17,26H,1,3-6,14-15H2. The Bertz CT molecular complexity index is 1100. The van der Waals surface area contributed by atoms with E-state index < -0.39 is 22.9 Å². The number of hydrogen-bond acceptors (Lipinski definition) is 2. The third-order valence-corrected chi connectivity index (χ3v) is 6.16. The van der Waals surface area contributed by atoms with Crippen LogP contribution in [0.4, 0.5) is 13.2 Å². The van der Waals surface area contributed by atoms with Crippen molar-refractivity contribution in [2.75, 3.05) is 13.2 Å². The van der Waals surface area contributed by atoms with Crippen LogP contribution >= 0.6 is 11.6 Å². The summed E-state index contributed by atoms with van der Waals surface area (Å²) in [4.78, 5) is 0. The molecular formula is C26H24ClF3O2. The lowest BCUT2D eigenvalue weighted by Gasteiger charge is -2.29. The summed E-state index contributed by atoms with van der Waals surface area (Å²) in [5.74, 6) is -1.61. The smallest absolute Gasteiger partial charge is 0.183 e. The van der Waals surface area contributed by atoms with E-state index >= 15 is 4.39 Å². The van der Waals surface area contributed by atoms with Gasteiger partial charge in [0.05, 0.1) is 13.2 Å². The monoisotopic (exact) mass is 460 g/mol. The summed E-state index contributed by atoms with van der Waals surface area (Å²) in [5.41, 5.74) is 1.76. The molecule has 0 aromatic heterocycles. The van der Waals surface area contributed by atoms with Gasteiger partial charge in [-0.3, -0.25) is 0 Å². The molecule has 1 aliphatic heterocycles. The average Bonchev–Trinajstić information content (AvgIpc) is 2.81. The topological polar surface area (TPSA) is 18.5 Å². The van der Waals surface area contributed by atoms with Crippen molar-refractivity contribution < 1.29 is 22.6 Å². The molecule has 1 saturated heterocycles. The lowest BCUT2D eigenvalue weighted by atomic mass is 9.98. The highest BCUT2D eigenvalue weighted by Gasteiger charge is 2.23. The van der Waals surface area contributed by atoms with Crippen LogP contribution in [0.5, 0.6) is 0 Å². The largest absolute Gasteiger partial charge is 0.348 e. The van der Waals surface area contributed by atoms with Crippen LogP contribution in [0.15, 0.2) is 55.1 Å². The van der Waals surface area contributed by atoms with Gasteiger partial charge in [-0.25, -0.2) is 13.2 Å². The van der Waals surface area contributed by atoms with Crippen LogP contribution in [0.25, 0.3) is 10.8 Å². The summed E-state index contributed by atoms with van der Waals surface area (Å²) >= 11 is 5.52. The van der Waals surface area contributed by atoms with Gasteiger partial charge >= 0.3 is 0 Å². The number of halogens is 4. The van der Waals surface area contributed by atoms with Crippen LogP contribution in [0.3, 0.4) is 0 Å². The van der Waals surface area contributed by atoms with Gasteiger partial charge in [0.1, 0.15) is 22.5 Å². The van der Waals surface area contributed by atoms with Crippen molar-refractivity contribution in [3.8, 4) is 0 Å². The Kier molecular flexibility index (Phi) is 7.19. The molecule has 0 amide bonds. The Balaban J connectivity index is 1.46. The van der Waals surface area contributed by atoms with Crippen molar-refractivity contribution in [2.24, 2.45) is 5.92 Å². The van der Waals surface area contributed by atoms with Crippen molar-refractivity contribution in [3.05, 3.63) is 94.3 Å². The fourth-order valence-corrected chi connectivity index (χ4v) is 4.09. The maximum atomic E-state index is 15.1. The summed E-state index contributed by atoms with van der Waals surface area (Å²) in [7, 11) is 0. The van der Waals surface area contributed by atoms with E-state index in [1.54, 1.807) is 12.1 Å². The molecule has 0 unspecified atom stereocenters. The molecule has 6 heteroatoms. The highest BCUT2D eigenvalue weighted by atomic mass is 35.5. The number of aryl methyl sites for hydroxylation is 2. The van der Waals surface area contributed by atoms with Crippen molar-refractivity contribution >= 4 is 22.4 Å². The minimum absolute atomic E-state index is 0.294. The Morgan fingerprint density at radius 2 is 1.69 bits per heavy atom. The van der Waals surface area contributed by atoms with Crippen LogP contribution < -0.4 is 0 Å². The van der Waals surface area contributed by atoms with Gasteiger partial charge in [0.2, 0.25) is 0 Å². The number of benzene rings is 3. The lowest BCUT2D eigenvalue weighted by Crippen LogP contribution is -2.27. The third kappa shape index (κ3) is 5.01. The van der Waals surface area contributed by atoms with Gasteiger partial charge in [-0.2, -0.15) is 0 Å². The van der Waals surface area contributed by atoms with E-state index in [1.807, 2.05) is 24.3 Å². The minimum Gasteiger partial charge on any atom is -0.348 e. The molecule has 2 nitrogen and oxygen atoms in total. The Morgan fingerprint density at radius 3 is 2.38 bits per heavy atom. The average molecular weight is 461 g/mol. The Labute approximate surface area is 190 Å². The van der Waals surface area contributed by atoms with E-state index in [4.69, 9.17) is 21.1 Å². The van der Waals surface area contributed by atoms with Crippen molar-refractivity contribution in [3.63, 3.8) is 0 Å². The highest BCUT2D eigenvalue weighted by molar-refractivity contribution is 6.30. The van der Waals surface area contributed by atoms with Gasteiger partial charge in [-0.1, -0.05) is 41.9 Å². The molecule has 1 aliphatic rings. The lowest BCUT2D eigenvalue weighted by molar-refractivity contribution is -0.205. The van der Waals surface area contributed by atoms with E-state index in [0.29, 0.717) is 48.5 Å². The predicted molar refractivity (Wildman–Crippen MR) is 120 cm³/mol. The van der Waals surface area contributed by atoms with E-state index in [-0.39, 0.29) is 5.82 Å². The van der Waals surface area contributed by atoms with Crippen molar-refractivity contribution in [1.82, 2.24) is 0 Å². The normalized spacial score (nSPS) is 18.8. The van der Waals surface area contributed by atoms with Crippen LogP contribution in [-0.2, 0) is 22.3 Å². The summed E-state index contributed by atoms with van der Waals surface area (Å²) < 4.78 is 54.1. The molecule has 3 aromatic carbocycles. The molecule has 3 aromatic rings. The Morgan fingerprint density at radius 1 is 0.969 bits per heavy atom. The molecule has 0 atom stereocenters. The van der Waals surface area contributed by atoms with E-state index in [1.165, 1.54) is 12.1 Å². The van der Waals surface area contributed by atoms with Crippen LogP contribution in [0.2, 0.25) is 5.02 Å². The second kappa shape index (κ2) is 10.1. The zero-order valence-corrected chi connectivity index (χ0v) is 18.3. The van der Waals surface area contributed by atoms with Crippen LogP contribution in [0.1, 0.15) is 35.8 Å². The minimum atomic E-state index is -0.813. The SMILES string of the molecule is C=CCCC1COC(c2ccc3c(F)c(CCc4cc(F)c(Cl)c(F)c4)ccc3c2)OC1. The number of allylic oxidation sites excluding steroid dienone is 1. The van der Waals surface area contributed by atoms with Gasteiger partial charge in [0.25, 0.3) is 0 Å². The molecule has 0 spiro atoms. The van der Waals surface area contributed by atoms with Crippen LogP contribution in [-0.4, -0.2) is 13.2 Å². The molecule has 0 N–H and O–H groups in total. The van der Waals surface area contributed by atoms with Crippen molar-refractivity contribution in [2.45, 2.75) is 32.0 Å². The summed E-state index contributed by atoms with van der Waals surface area (Å²) in [6.07, 6.45) is 3.95. The van der Waals surface area contributed by atoms with Gasteiger partial charge in [0.15, 0.2) is 6.29 Å². The molecule has 0 aliphatic carbocycles. The van der Waals surface area contributed by atoms with E-state index in [9.17, 15) is 8.78 Å². The summed E-state index contributed by atoms with van der Waals surface area (Å²) in [6.45, 7) is 4.98. The zero-order chi connectivity index (χ0) is 22.7. The molecule has 168 valence electrons. The summed E-state index contributed by atoms with van der Waals surface area (Å²) in [5, 5.41) is 0.701. The van der Waals surface area contributed by atoms with Crippen molar-refractivity contribution in [1.29, 1.82) is 0 Å². The molecule has 0 saturated carbocycles. The first-order valence-corrected chi connectivity index (χ1v) is 11.0.